The van der Waals surface area contributed by atoms with E-state index in [0.29, 0.717) is 10.9 Å². The minimum absolute atomic E-state index is 0.00557. The molecule has 1 amide bonds. The number of carbonyl (C=O) groups excluding carboxylic acids is 1. The van der Waals surface area contributed by atoms with Gasteiger partial charge in [0.2, 0.25) is 5.17 Å². The normalized spacial score (nSPS) is 17.9. The van der Waals surface area contributed by atoms with Gasteiger partial charge < -0.3 is 4.57 Å². The number of amidine groups is 2. The SMILES string of the molecule is CC1=NN2C(=N)/C(=C/c3cc(C)n(-c4ccc(F)c(Cl)c4)c3C)C(=O)N=C2S1. The average molecular weight is 416 g/mol. The number of hydrogen-bond donors (Lipinski definition) is 1. The predicted octanol–water partition coefficient (Wildman–Crippen LogP) is 4.53. The number of aryl methyl sites for hydroxylation is 1. The van der Waals surface area contributed by atoms with Gasteiger partial charge in [-0.2, -0.15) is 15.1 Å². The van der Waals surface area contributed by atoms with Crippen molar-refractivity contribution in [1.29, 1.82) is 5.41 Å². The predicted molar refractivity (Wildman–Crippen MR) is 111 cm³/mol. The van der Waals surface area contributed by atoms with Crippen LogP contribution >= 0.6 is 23.4 Å². The summed E-state index contributed by atoms with van der Waals surface area (Å²) in [5.41, 5.74) is 3.36. The van der Waals surface area contributed by atoms with E-state index in [9.17, 15) is 9.18 Å². The lowest BCUT2D eigenvalue weighted by Crippen LogP contribution is -2.35. The molecule has 0 bridgehead atoms. The Hall–Kier alpha value is -2.71. The average Bonchev–Trinajstić information content (AvgIpc) is 3.13. The van der Waals surface area contributed by atoms with Crippen molar-refractivity contribution in [2.45, 2.75) is 20.8 Å². The number of fused-ring (bicyclic) bond motifs is 1. The first kappa shape index (κ1) is 18.6. The number of carbonyl (C=O) groups is 1. The number of nitrogens with one attached hydrogen (secondary N) is 1. The Balaban J connectivity index is 1.78. The number of aromatic nitrogens is 1. The minimum atomic E-state index is -0.482. The third-order valence-electron chi connectivity index (χ3n) is 4.49. The van der Waals surface area contributed by atoms with Crippen LogP contribution in [0.3, 0.4) is 0 Å². The zero-order chi connectivity index (χ0) is 20.2. The number of hydrogen-bond acceptors (Lipinski definition) is 4. The zero-order valence-electron chi connectivity index (χ0n) is 15.2. The summed E-state index contributed by atoms with van der Waals surface area (Å²) in [6.07, 6.45) is 1.64. The Bertz CT molecular complexity index is 1150. The third-order valence-corrected chi connectivity index (χ3v) is 5.60. The monoisotopic (exact) mass is 415 g/mol. The van der Waals surface area contributed by atoms with Gasteiger partial charge in [0.25, 0.3) is 5.91 Å². The maximum atomic E-state index is 13.5. The van der Waals surface area contributed by atoms with Gasteiger partial charge in [-0.05, 0) is 68.4 Å². The molecule has 28 heavy (non-hydrogen) atoms. The van der Waals surface area contributed by atoms with Crippen molar-refractivity contribution < 1.29 is 9.18 Å². The van der Waals surface area contributed by atoms with Crippen molar-refractivity contribution >= 4 is 51.4 Å². The van der Waals surface area contributed by atoms with E-state index in [4.69, 9.17) is 17.0 Å². The van der Waals surface area contributed by atoms with E-state index in [1.165, 1.54) is 22.8 Å². The molecule has 4 rings (SSSR count). The van der Waals surface area contributed by atoms with Gasteiger partial charge in [-0.25, -0.2) is 4.39 Å². The topological polar surface area (TPSA) is 73.8 Å². The molecule has 0 aliphatic carbocycles. The zero-order valence-corrected chi connectivity index (χ0v) is 16.8. The quantitative estimate of drug-likeness (QED) is 0.732. The molecule has 142 valence electrons. The molecular weight excluding hydrogens is 401 g/mol. The molecule has 0 unspecified atom stereocenters. The van der Waals surface area contributed by atoms with Crippen LogP contribution in [-0.2, 0) is 4.79 Å². The van der Waals surface area contributed by atoms with Gasteiger partial charge in [-0.3, -0.25) is 10.2 Å². The molecule has 2 aliphatic heterocycles. The van der Waals surface area contributed by atoms with Crippen LogP contribution in [0.4, 0.5) is 4.39 Å². The van der Waals surface area contributed by atoms with E-state index in [-0.39, 0.29) is 16.4 Å². The van der Waals surface area contributed by atoms with Gasteiger partial charge in [0, 0.05) is 17.1 Å². The second-order valence-corrected chi connectivity index (χ2v) is 7.97. The molecule has 6 nitrogen and oxygen atoms in total. The summed E-state index contributed by atoms with van der Waals surface area (Å²) in [4.78, 5) is 16.5. The fraction of sp³-hybridized carbons (Fsp3) is 0.158. The smallest absolute Gasteiger partial charge is 0.283 e. The first-order chi connectivity index (χ1) is 13.3. The van der Waals surface area contributed by atoms with Crippen molar-refractivity contribution in [1.82, 2.24) is 9.58 Å². The van der Waals surface area contributed by atoms with E-state index >= 15 is 0 Å². The van der Waals surface area contributed by atoms with Gasteiger partial charge in [0.1, 0.15) is 5.82 Å². The molecule has 2 aliphatic rings. The molecular formula is C19H15ClFN5OS. The third kappa shape index (κ3) is 2.98. The number of halogens is 2. The number of rotatable bonds is 2. The van der Waals surface area contributed by atoms with Crippen molar-refractivity contribution in [3.8, 4) is 5.69 Å². The van der Waals surface area contributed by atoms with Crippen molar-refractivity contribution in [2.24, 2.45) is 10.1 Å². The molecule has 2 aromatic rings. The molecule has 0 spiro atoms. The van der Waals surface area contributed by atoms with Crippen LogP contribution in [0.25, 0.3) is 11.8 Å². The van der Waals surface area contributed by atoms with Crippen LogP contribution < -0.4 is 0 Å². The standard InChI is InChI=1S/C19H15ClFN5OS/c1-9-6-12(10(2)25(9)13-4-5-16(21)15(20)8-13)7-14-17(22)26-19(23-18(14)27)28-11(3)24-26/h4-8,22H,1-3H3/b14-7-,22-17?. The lowest BCUT2D eigenvalue weighted by molar-refractivity contribution is -0.114. The molecule has 0 saturated carbocycles. The highest BCUT2D eigenvalue weighted by Gasteiger charge is 2.34. The first-order valence-electron chi connectivity index (χ1n) is 8.37. The molecule has 9 heteroatoms. The van der Waals surface area contributed by atoms with Gasteiger partial charge >= 0.3 is 0 Å². The highest BCUT2D eigenvalue weighted by atomic mass is 35.5. The summed E-state index contributed by atoms with van der Waals surface area (Å²) in [5, 5.41) is 15.1. The summed E-state index contributed by atoms with van der Waals surface area (Å²) in [6, 6.07) is 6.40. The van der Waals surface area contributed by atoms with E-state index < -0.39 is 11.7 Å². The number of hydrazone groups is 1. The lowest BCUT2D eigenvalue weighted by atomic mass is 10.1. The summed E-state index contributed by atoms with van der Waals surface area (Å²) >= 11 is 7.19. The molecule has 1 N–H and O–H groups in total. The number of benzene rings is 1. The van der Waals surface area contributed by atoms with Crippen LogP contribution in [-0.4, -0.2) is 31.5 Å². The maximum absolute atomic E-state index is 13.5. The second-order valence-electron chi connectivity index (χ2n) is 6.40. The molecule has 1 aromatic heterocycles. The lowest BCUT2D eigenvalue weighted by Gasteiger charge is -2.20. The number of nitrogens with zero attached hydrogens (tertiary/aromatic N) is 4. The van der Waals surface area contributed by atoms with Crippen LogP contribution in [0.2, 0.25) is 5.02 Å². The number of amides is 1. The minimum Gasteiger partial charge on any atom is -0.318 e. The van der Waals surface area contributed by atoms with Crippen LogP contribution in [0.1, 0.15) is 23.9 Å². The van der Waals surface area contributed by atoms with Crippen molar-refractivity contribution in [2.75, 3.05) is 0 Å². The molecule has 0 fully saturated rings. The molecule has 0 saturated heterocycles. The Morgan fingerprint density at radius 1 is 1.25 bits per heavy atom. The Labute approximate surface area is 169 Å². The molecule has 0 atom stereocenters. The highest BCUT2D eigenvalue weighted by molar-refractivity contribution is 8.26. The largest absolute Gasteiger partial charge is 0.318 e. The molecule has 1 aromatic carbocycles. The number of aliphatic imine (C=N–C) groups is 1. The summed E-state index contributed by atoms with van der Waals surface area (Å²) in [5.74, 6) is -0.957. The second kappa shape index (κ2) is 6.72. The van der Waals surface area contributed by atoms with E-state index in [1.807, 2.05) is 24.5 Å². The van der Waals surface area contributed by atoms with E-state index in [0.717, 1.165) is 22.0 Å². The van der Waals surface area contributed by atoms with E-state index in [1.54, 1.807) is 25.1 Å². The summed E-state index contributed by atoms with van der Waals surface area (Å²) in [7, 11) is 0. The van der Waals surface area contributed by atoms with Crippen LogP contribution in [0, 0.1) is 25.1 Å². The van der Waals surface area contributed by atoms with Crippen LogP contribution in [0.15, 0.2) is 39.9 Å². The fourth-order valence-electron chi connectivity index (χ4n) is 3.20. The van der Waals surface area contributed by atoms with E-state index in [2.05, 4.69) is 10.1 Å². The van der Waals surface area contributed by atoms with Crippen LogP contribution in [0.5, 0.6) is 0 Å². The Morgan fingerprint density at radius 3 is 2.71 bits per heavy atom. The van der Waals surface area contributed by atoms with Crippen molar-refractivity contribution in [3.63, 3.8) is 0 Å². The summed E-state index contributed by atoms with van der Waals surface area (Å²) in [6.45, 7) is 5.59. The first-order valence-corrected chi connectivity index (χ1v) is 9.57. The van der Waals surface area contributed by atoms with Gasteiger partial charge in [-0.1, -0.05) is 11.6 Å². The van der Waals surface area contributed by atoms with Gasteiger partial charge in [-0.15, -0.1) is 0 Å². The fourth-order valence-corrected chi connectivity index (χ4v) is 4.11. The number of thioether (sulfide) groups is 1. The highest BCUT2D eigenvalue weighted by Crippen LogP contribution is 2.30. The Kier molecular flexibility index (Phi) is 4.47. The molecule has 3 heterocycles. The maximum Gasteiger partial charge on any atom is 0.283 e. The van der Waals surface area contributed by atoms with Gasteiger partial charge in [0.05, 0.1) is 15.6 Å². The Morgan fingerprint density at radius 2 is 2.00 bits per heavy atom. The summed E-state index contributed by atoms with van der Waals surface area (Å²) < 4.78 is 15.4. The van der Waals surface area contributed by atoms with Crippen molar-refractivity contribution in [3.05, 3.63) is 57.6 Å². The molecule has 0 radical (unpaired) electrons. The van der Waals surface area contributed by atoms with Gasteiger partial charge in [0.15, 0.2) is 5.84 Å².